The van der Waals surface area contributed by atoms with Crippen molar-refractivity contribution in [1.29, 1.82) is 0 Å². The van der Waals surface area contributed by atoms with Crippen molar-refractivity contribution in [2.24, 2.45) is 0 Å². The summed E-state index contributed by atoms with van der Waals surface area (Å²) in [6.07, 6.45) is 2.39. The Kier molecular flexibility index (Phi) is 4.22. The summed E-state index contributed by atoms with van der Waals surface area (Å²) in [7, 11) is 0. The van der Waals surface area contributed by atoms with Crippen LogP contribution < -0.4 is 5.32 Å². The fourth-order valence-corrected chi connectivity index (χ4v) is 2.36. The van der Waals surface area contributed by atoms with E-state index in [0.717, 1.165) is 12.1 Å². The van der Waals surface area contributed by atoms with Gasteiger partial charge in [-0.1, -0.05) is 5.16 Å². The second-order valence-corrected chi connectivity index (χ2v) is 5.31. The summed E-state index contributed by atoms with van der Waals surface area (Å²) in [5.41, 5.74) is 1.10. The molecule has 3 heterocycles. The number of carbonyl (C=O) groups excluding carboxylic acids is 2. The lowest BCUT2D eigenvalue weighted by Gasteiger charge is -2.32. The topological polar surface area (TPSA) is 91.6 Å². The van der Waals surface area contributed by atoms with Crippen LogP contribution in [0.4, 0.5) is 11.5 Å². The van der Waals surface area contributed by atoms with Gasteiger partial charge in [0.15, 0.2) is 5.82 Å². The largest absolute Gasteiger partial charge is 0.360 e. The Morgan fingerprint density at radius 3 is 2.65 bits per heavy atom. The predicted octanol–water partition coefficient (Wildman–Crippen LogP) is 1.04. The Hall–Kier alpha value is -2.90. The van der Waals surface area contributed by atoms with Crippen LogP contribution in [0.2, 0.25) is 0 Å². The molecule has 8 nitrogen and oxygen atoms in total. The molecule has 2 aromatic heterocycles. The van der Waals surface area contributed by atoms with Gasteiger partial charge in [0.2, 0.25) is 6.41 Å². The average molecular weight is 315 g/mol. The molecule has 1 fully saturated rings. The van der Waals surface area contributed by atoms with E-state index in [1.165, 1.54) is 0 Å². The second kappa shape index (κ2) is 6.47. The van der Waals surface area contributed by atoms with Gasteiger partial charge in [-0.25, -0.2) is 4.98 Å². The average Bonchev–Trinajstić information content (AvgIpc) is 3.00. The van der Waals surface area contributed by atoms with Crippen molar-refractivity contribution < 1.29 is 14.1 Å². The predicted molar refractivity (Wildman–Crippen MR) is 82.3 cm³/mol. The van der Waals surface area contributed by atoms with Crippen molar-refractivity contribution in [3.8, 4) is 0 Å². The van der Waals surface area contributed by atoms with Crippen LogP contribution in [-0.4, -0.2) is 58.4 Å². The molecule has 120 valence electrons. The summed E-state index contributed by atoms with van der Waals surface area (Å²) < 4.78 is 4.97. The minimum atomic E-state index is -0.126. The number of nitrogens with zero attached hydrogens (tertiary/aromatic N) is 4. The lowest BCUT2D eigenvalue weighted by Crippen LogP contribution is -2.48. The molecule has 0 aromatic carbocycles. The summed E-state index contributed by atoms with van der Waals surface area (Å²) in [5, 5.41) is 6.88. The van der Waals surface area contributed by atoms with Gasteiger partial charge in [0.1, 0.15) is 11.5 Å². The molecule has 2 amide bonds. The van der Waals surface area contributed by atoms with Gasteiger partial charge in [-0.05, 0) is 19.1 Å². The highest BCUT2D eigenvalue weighted by molar-refractivity contribution is 5.92. The number of aromatic nitrogens is 2. The van der Waals surface area contributed by atoms with Crippen molar-refractivity contribution in [3.05, 3.63) is 35.9 Å². The molecule has 0 radical (unpaired) electrons. The van der Waals surface area contributed by atoms with E-state index in [1.54, 1.807) is 34.2 Å². The number of aryl methyl sites for hydroxylation is 1. The van der Waals surface area contributed by atoms with Crippen LogP contribution in [-0.2, 0) is 4.79 Å². The SMILES string of the molecule is Cc1cc(Nc2ccc(C(=O)N3CCN(C=O)CC3)nc2)no1. The number of hydrogen-bond donors (Lipinski definition) is 1. The van der Waals surface area contributed by atoms with Gasteiger partial charge in [0.05, 0.1) is 11.9 Å². The fraction of sp³-hybridized carbons (Fsp3) is 0.333. The molecule has 0 atom stereocenters. The summed E-state index contributed by atoms with van der Waals surface area (Å²) in [6, 6.07) is 5.21. The first-order valence-corrected chi connectivity index (χ1v) is 7.31. The zero-order chi connectivity index (χ0) is 16.2. The van der Waals surface area contributed by atoms with Gasteiger partial charge < -0.3 is 19.6 Å². The zero-order valence-corrected chi connectivity index (χ0v) is 12.7. The number of nitrogens with one attached hydrogen (secondary N) is 1. The molecule has 2 aromatic rings. The van der Waals surface area contributed by atoms with Crippen molar-refractivity contribution in [3.63, 3.8) is 0 Å². The monoisotopic (exact) mass is 315 g/mol. The lowest BCUT2D eigenvalue weighted by molar-refractivity contribution is -0.119. The Bertz CT molecular complexity index is 689. The van der Waals surface area contributed by atoms with Gasteiger partial charge in [0, 0.05) is 32.2 Å². The molecular weight excluding hydrogens is 298 g/mol. The van der Waals surface area contributed by atoms with E-state index < -0.39 is 0 Å². The number of pyridine rings is 1. The zero-order valence-electron chi connectivity index (χ0n) is 12.7. The highest BCUT2D eigenvalue weighted by Crippen LogP contribution is 2.16. The fourth-order valence-electron chi connectivity index (χ4n) is 2.36. The van der Waals surface area contributed by atoms with Gasteiger partial charge in [-0.2, -0.15) is 0 Å². The maximum atomic E-state index is 12.4. The normalized spacial score (nSPS) is 14.7. The van der Waals surface area contributed by atoms with Crippen LogP contribution in [0.3, 0.4) is 0 Å². The third-order valence-corrected chi connectivity index (χ3v) is 3.63. The molecule has 0 spiro atoms. The smallest absolute Gasteiger partial charge is 0.272 e. The molecule has 8 heteroatoms. The Morgan fingerprint density at radius 2 is 2.09 bits per heavy atom. The molecule has 1 aliphatic heterocycles. The summed E-state index contributed by atoms with van der Waals surface area (Å²) in [4.78, 5) is 30.6. The van der Waals surface area contributed by atoms with Crippen molar-refractivity contribution in [2.75, 3.05) is 31.5 Å². The summed E-state index contributed by atoms with van der Waals surface area (Å²) in [5.74, 6) is 1.18. The van der Waals surface area contributed by atoms with Crippen LogP contribution in [0.1, 0.15) is 16.2 Å². The maximum absolute atomic E-state index is 12.4. The molecule has 0 saturated carbocycles. The first-order chi connectivity index (χ1) is 11.2. The number of piperazine rings is 1. The second-order valence-electron chi connectivity index (χ2n) is 5.31. The highest BCUT2D eigenvalue weighted by Gasteiger charge is 2.22. The van der Waals surface area contributed by atoms with Crippen LogP contribution in [0.5, 0.6) is 0 Å². The Morgan fingerprint density at radius 1 is 1.30 bits per heavy atom. The van der Waals surface area contributed by atoms with E-state index in [2.05, 4.69) is 15.5 Å². The van der Waals surface area contributed by atoms with E-state index in [0.29, 0.717) is 43.5 Å². The van der Waals surface area contributed by atoms with E-state index in [1.807, 2.05) is 6.92 Å². The molecule has 23 heavy (non-hydrogen) atoms. The molecule has 0 bridgehead atoms. The maximum Gasteiger partial charge on any atom is 0.272 e. The number of rotatable bonds is 4. The summed E-state index contributed by atoms with van der Waals surface area (Å²) in [6.45, 7) is 3.97. The number of amides is 2. The summed E-state index contributed by atoms with van der Waals surface area (Å²) >= 11 is 0. The molecule has 1 aliphatic rings. The van der Waals surface area contributed by atoms with Gasteiger partial charge >= 0.3 is 0 Å². The Balaban J connectivity index is 1.62. The van der Waals surface area contributed by atoms with Crippen LogP contribution in [0, 0.1) is 6.92 Å². The molecule has 0 aliphatic carbocycles. The van der Waals surface area contributed by atoms with E-state index in [9.17, 15) is 9.59 Å². The molecule has 0 unspecified atom stereocenters. The molecule has 1 saturated heterocycles. The third-order valence-electron chi connectivity index (χ3n) is 3.63. The van der Waals surface area contributed by atoms with E-state index in [-0.39, 0.29) is 5.91 Å². The van der Waals surface area contributed by atoms with Gasteiger partial charge in [-0.15, -0.1) is 0 Å². The van der Waals surface area contributed by atoms with E-state index in [4.69, 9.17) is 4.52 Å². The van der Waals surface area contributed by atoms with Crippen molar-refractivity contribution in [2.45, 2.75) is 6.92 Å². The van der Waals surface area contributed by atoms with E-state index >= 15 is 0 Å². The third kappa shape index (κ3) is 3.47. The molecular formula is C15H17N5O3. The number of hydrogen-bond acceptors (Lipinski definition) is 6. The number of carbonyl (C=O) groups is 2. The number of anilines is 2. The molecule has 1 N–H and O–H groups in total. The van der Waals surface area contributed by atoms with Crippen LogP contribution in [0.25, 0.3) is 0 Å². The van der Waals surface area contributed by atoms with Crippen LogP contribution >= 0.6 is 0 Å². The molecule has 3 rings (SSSR count). The van der Waals surface area contributed by atoms with Crippen molar-refractivity contribution in [1.82, 2.24) is 19.9 Å². The van der Waals surface area contributed by atoms with Crippen molar-refractivity contribution >= 4 is 23.8 Å². The first-order valence-electron chi connectivity index (χ1n) is 7.31. The standard InChI is InChI=1S/C15H17N5O3/c1-11-8-14(18-23-11)17-12-2-3-13(16-9-12)15(22)20-6-4-19(10-21)5-7-20/h2-3,8-10H,4-7H2,1H3,(H,17,18). The highest BCUT2D eigenvalue weighted by atomic mass is 16.5. The lowest BCUT2D eigenvalue weighted by atomic mass is 10.2. The van der Waals surface area contributed by atoms with Gasteiger partial charge in [0.25, 0.3) is 5.91 Å². The first kappa shape index (κ1) is 15.0. The minimum absolute atomic E-state index is 0.126. The quantitative estimate of drug-likeness (QED) is 0.848. The van der Waals surface area contributed by atoms with Crippen LogP contribution in [0.15, 0.2) is 28.9 Å². The Labute approximate surface area is 133 Å². The van der Waals surface area contributed by atoms with Gasteiger partial charge in [-0.3, -0.25) is 9.59 Å². The minimum Gasteiger partial charge on any atom is -0.360 e.